The van der Waals surface area contributed by atoms with Crippen LogP contribution in [0.25, 0.3) is 11.3 Å². The SMILES string of the molecule is C[C@]1(C(=O)NC2CCCCC2)Cn2c(ccc2-c2ccccc2)C(=O)N1Cc1ccccc1. The Morgan fingerprint density at radius 1 is 0.909 bits per heavy atom. The number of fused-ring (bicyclic) bond motifs is 1. The summed E-state index contributed by atoms with van der Waals surface area (Å²) >= 11 is 0. The average molecular weight is 442 g/mol. The van der Waals surface area contributed by atoms with Crippen molar-refractivity contribution in [2.75, 3.05) is 0 Å². The maximum absolute atomic E-state index is 13.8. The highest BCUT2D eigenvalue weighted by Crippen LogP contribution is 2.34. The van der Waals surface area contributed by atoms with E-state index in [4.69, 9.17) is 0 Å². The number of carbonyl (C=O) groups excluding carboxylic acids is 2. The van der Waals surface area contributed by atoms with Crippen molar-refractivity contribution in [1.82, 2.24) is 14.8 Å². The predicted molar refractivity (Wildman–Crippen MR) is 130 cm³/mol. The van der Waals surface area contributed by atoms with Gasteiger partial charge >= 0.3 is 0 Å². The second-order valence-corrected chi connectivity index (χ2v) is 9.52. The first kappa shape index (κ1) is 21.5. The molecule has 2 heterocycles. The molecular weight excluding hydrogens is 410 g/mol. The van der Waals surface area contributed by atoms with E-state index in [0.717, 1.165) is 42.5 Å². The van der Waals surface area contributed by atoms with Crippen LogP contribution in [0.3, 0.4) is 0 Å². The molecule has 1 aliphatic carbocycles. The third kappa shape index (κ3) is 4.08. The van der Waals surface area contributed by atoms with Gasteiger partial charge in [-0.15, -0.1) is 0 Å². The molecule has 1 saturated carbocycles. The second-order valence-electron chi connectivity index (χ2n) is 9.52. The van der Waals surface area contributed by atoms with Crippen molar-refractivity contribution in [3.8, 4) is 11.3 Å². The molecule has 170 valence electrons. The lowest BCUT2D eigenvalue weighted by Gasteiger charge is -2.45. The fraction of sp³-hybridized carbons (Fsp3) is 0.357. The minimum atomic E-state index is -0.986. The molecule has 5 heteroatoms. The fourth-order valence-electron chi connectivity index (χ4n) is 5.24. The molecule has 2 aliphatic rings. The van der Waals surface area contributed by atoms with Crippen LogP contribution in [0.1, 0.15) is 55.1 Å². The highest BCUT2D eigenvalue weighted by atomic mass is 16.2. The zero-order valence-electron chi connectivity index (χ0n) is 19.2. The third-order valence-electron chi connectivity index (χ3n) is 7.19. The molecule has 3 aromatic rings. The van der Waals surface area contributed by atoms with Crippen LogP contribution >= 0.6 is 0 Å². The summed E-state index contributed by atoms with van der Waals surface area (Å²) in [4.78, 5) is 29.4. The van der Waals surface area contributed by atoms with Crippen molar-refractivity contribution in [3.05, 3.63) is 84.1 Å². The number of amides is 2. The first-order valence-corrected chi connectivity index (χ1v) is 12.0. The van der Waals surface area contributed by atoms with Gasteiger partial charge < -0.3 is 14.8 Å². The molecule has 2 amide bonds. The van der Waals surface area contributed by atoms with Gasteiger partial charge in [-0.2, -0.15) is 0 Å². The van der Waals surface area contributed by atoms with Gasteiger partial charge in [0.2, 0.25) is 5.91 Å². The normalized spacial score (nSPS) is 21.0. The Labute approximate surface area is 195 Å². The number of aromatic nitrogens is 1. The van der Waals surface area contributed by atoms with Crippen molar-refractivity contribution in [3.63, 3.8) is 0 Å². The summed E-state index contributed by atoms with van der Waals surface area (Å²) < 4.78 is 2.03. The smallest absolute Gasteiger partial charge is 0.271 e. The highest BCUT2D eigenvalue weighted by molar-refractivity contribution is 6.00. The van der Waals surface area contributed by atoms with Gasteiger partial charge in [-0.25, -0.2) is 0 Å². The van der Waals surface area contributed by atoms with E-state index >= 15 is 0 Å². The van der Waals surface area contributed by atoms with E-state index in [1.54, 1.807) is 4.90 Å². The van der Waals surface area contributed by atoms with Crippen LogP contribution in [0.2, 0.25) is 0 Å². The van der Waals surface area contributed by atoms with Crippen LogP contribution in [0.5, 0.6) is 0 Å². The van der Waals surface area contributed by atoms with Crippen molar-refractivity contribution >= 4 is 11.8 Å². The van der Waals surface area contributed by atoms with Gasteiger partial charge in [0.25, 0.3) is 5.91 Å². The first-order chi connectivity index (χ1) is 16.1. The van der Waals surface area contributed by atoms with Gasteiger partial charge in [0, 0.05) is 18.3 Å². The van der Waals surface area contributed by atoms with Crippen molar-refractivity contribution in [2.45, 2.75) is 63.7 Å². The minimum absolute atomic E-state index is 0.0583. The molecule has 1 aliphatic heterocycles. The number of carbonyl (C=O) groups is 2. The number of nitrogens with zero attached hydrogens (tertiary/aromatic N) is 2. The topological polar surface area (TPSA) is 54.3 Å². The second kappa shape index (κ2) is 8.89. The van der Waals surface area contributed by atoms with E-state index in [1.165, 1.54) is 6.42 Å². The number of nitrogens with one attached hydrogen (secondary N) is 1. The van der Waals surface area contributed by atoms with Crippen LogP contribution in [-0.4, -0.2) is 32.9 Å². The lowest BCUT2D eigenvalue weighted by molar-refractivity contribution is -0.134. The van der Waals surface area contributed by atoms with E-state index in [2.05, 4.69) is 5.32 Å². The monoisotopic (exact) mass is 441 g/mol. The largest absolute Gasteiger partial charge is 0.351 e. The Morgan fingerprint density at radius 2 is 1.55 bits per heavy atom. The van der Waals surface area contributed by atoms with Crippen LogP contribution in [0.15, 0.2) is 72.8 Å². The van der Waals surface area contributed by atoms with Crippen LogP contribution in [0, 0.1) is 0 Å². The Hall–Kier alpha value is -3.34. The van der Waals surface area contributed by atoms with Crippen LogP contribution in [-0.2, 0) is 17.9 Å². The number of hydrogen-bond donors (Lipinski definition) is 1. The van der Waals surface area contributed by atoms with Crippen molar-refractivity contribution < 1.29 is 9.59 Å². The van der Waals surface area contributed by atoms with Crippen molar-refractivity contribution in [1.29, 1.82) is 0 Å². The number of hydrogen-bond acceptors (Lipinski definition) is 2. The Kier molecular flexibility index (Phi) is 5.79. The highest BCUT2D eigenvalue weighted by Gasteiger charge is 2.48. The van der Waals surface area contributed by atoms with E-state index in [1.807, 2.05) is 84.3 Å². The molecule has 0 bridgehead atoms. The molecule has 33 heavy (non-hydrogen) atoms. The summed E-state index contributed by atoms with van der Waals surface area (Å²) in [6, 6.07) is 24.1. The molecule has 0 radical (unpaired) electrons. The molecule has 2 aromatic carbocycles. The lowest BCUT2D eigenvalue weighted by atomic mass is 9.91. The summed E-state index contributed by atoms with van der Waals surface area (Å²) in [5.41, 5.74) is 2.68. The van der Waals surface area contributed by atoms with Gasteiger partial charge in [-0.05, 0) is 43.0 Å². The van der Waals surface area contributed by atoms with Crippen molar-refractivity contribution in [2.24, 2.45) is 0 Å². The van der Waals surface area contributed by atoms with Gasteiger partial charge in [0.05, 0.1) is 6.54 Å². The zero-order chi connectivity index (χ0) is 22.8. The molecule has 5 nitrogen and oxygen atoms in total. The summed E-state index contributed by atoms with van der Waals surface area (Å²) in [5.74, 6) is -0.161. The average Bonchev–Trinajstić information content (AvgIpc) is 3.27. The van der Waals surface area contributed by atoms with E-state index < -0.39 is 5.54 Å². The predicted octanol–water partition coefficient (Wildman–Crippen LogP) is 5.02. The standard InChI is InChI=1S/C28H31N3O2/c1-28(27(33)29-23-15-9-4-10-16-23)20-30-24(22-13-7-3-8-14-22)17-18-25(30)26(32)31(28)19-21-11-5-2-6-12-21/h2-3,5-8,11-14,17-18,23H,4,9-10,15-16,19-20H2,1H3,(H,29,33)/t28-/m1/s1. The molecule has 0 saturated heterocycles. The van der Waals surface area contributed by atoms with Gasteiger partial charge in [-0.1, -0.05) is 79.9 Å². The van der Waals surface area contributed by atoms with Gasteiger partial charge in [0.15, 0.2) is 0 Å². The van der Waals surface area contributed by atoms with E-state index in [9.17, 15) is 9.59 Å². The number of benzene rings is 2. The van der Waals surface area contributed by atoms with Gasteiger partial charge in [-0.3, -0.25) is 9.59 Å². The van der Waals surface area contributed by atoms with E-state index in [0.29, 0.717) is 18.8 Å². The van der Waals surface area contributed by atoms with Crippen LogP contribution < -0.4 is 5.32 Å². The van der Waals surface area contributed by atoms with Gasteiger partial charge in [0.1, 0.15) is 11.2 Å². The molecule has 1 fully saturated rings. The Balaban J connectivity index is 1.53. The lowest BCUT2D eigenvalue weighted by Crippen LogP contribution is -2.64. The maximum atomic E-state index is 13.8. The molecular formula is C28H31N3O2. The molecule has 1 aromatic heterocycles. The summed E-state index contributed by atoms with van der Waals surface area (Å²) in [5, 5.41) is 3.30. The Bertz CT molecular complexity index is 1130. The fourth-order valence-corrected chi connectivity index (χ4v) is 5.24. The summed E-state index contributed by atoms with van der Waals surface area (Å²) in [7, 11) is 0. The molecule has 1 N–H and O–H groups in total. The zero-order valence-corrected chi connectivity index (χ0v) is 19.2. The molecule has 1 atom stereocenters. The quantitative estimate of drug-likeness (QED) is 0.605. The molecule has 5 rings (SSSR count). The summed E-state index contributed by atoms with van der Waals surface area (Å²) in [6.07, 6.45) is 5.55. The van der Waals surface area contributed by atoms with E-state index in [-0.39, 0.29) is 17.9 Å². The molecule has 0 unspecified atom stereocenters. The first-order valence-electron chi connectivity index (χ1n) is 12.0. The minimum Gasteiger partial charge on any atom is -0.351 e. The Morgan fingerprint density at radius 3 is 2.24 bits per heavy atom. The van der Waals surface area contributed by atoms with Crippen LogP contribution in [0.4, 0.5) is 0 Å². The summed E-state index contributed by atoms with van der Waals surface area (Å²) in [6.45, 7) is 2.75. The molecule has 0 spiro atoms. The maximum Gasteiger partial charge on any atom is 0.271 e. The number of rotatable bonds is 5. The third-order valence-corrected chi connectivity index (χ3v) is 7.19.